The molecule has 2 aromatic rings. The molecule has 0 heterocycles. The lowest BCUT2D eigenvalue weighted by molar-refractivity contribution is -0.393. The van der Waals surface area contributed by atoms with Crippen molar-refractivity contribution in [3.63, 3.8) is 0 Å². The Hall–Kier alpha value is -3.49. The van der Waals surface area contributed by atoms with Crippen LogP contribution in [0, 0.1) is 20.2 Å². The molecule has 0 aliphatic rings. The predicted octanol–water partition coefficient (Wildman–Crippen LogP) is 2.96. The maximum Gasteiger partial charge on any atom is 0.301 e. The van der Waals surface area contributed by atoms with Crippen molar-refractivity contribution in [1.82, 2.24) is 0 Å². The molecule has 2 rings (SSSR count). The normalized spacial score (nSPS) is 10.5. The van der Waals surface area contributed by atoms with Gasteiger partial charge in [0.25, 0.3) is 5.69 Å². The molecule has 0 amide bonds. The molecule has 0 unspecified atom stereocenters. The highest BCUT2D eigenvalue weighted by atomic mass is 16.6. The number of hydrogen-bond acceptors (Lipinski definition) is 7. The van der Waals surface area contributed by atoms with Crippen molar-refractivity contribution in [2.24, 2.45) is 5.10 Å². The van der Waals surface area contributed by atoms with E-state index < -0.39 is 15.5 Å². The van der Waals surface area contributed by atoms with E-state index >= 15 is 0 Å². The number of nitrogens with zero attached hydrogens (tertiary/aromatic N) is 3. The van der Waals surface area contributed by atoms with E-state index in [2.05, 4.69) is 10.5 Å². The van der Waals surface area contributed by atoms with Gasteiger partial charge in [0.1, 0.15) is 11.4 Å². The van der Waals surface area contributed by atoms with Gasteiger partial charge in [-0.15, -0.1) is 0 Å². The number of rotatable bonds is 6. The Morgan fingerprint density at radius 2 is 1.78 bits per heavy atom. The first-order valence-corrected chi connectivity index (χ1v) is 6.37. The van der Waals surface area contributed by atoms with E-state index in [9.17, 15) is 20.2 Å². The minimum Gasteiger partial charge on any atom is -0.497 e. The molecule has 1 N–H and O–H groups in total. The lowest BCUT2D eigenvalue weighted by Crippen LogP contribution is -1.98. The number of hydrogen-bond donors (Lipinski definition) is 1. The van der Waals surface area contributed by atoms with E-state index in [1.54, 1.807) is 31.4 Å². The van der Waals surface area contributed by atoms with E-state index in [4.69, 9.17) is 4.74 Å². The number of nitro benzene ring substituents is 2. The van der Waals surface area contributed by atoms with Gasteiger partial charge in [0.15, 0.2) is 0 Å². The van der Waals surface area contributed by atoms with Crippen LogP contribution in [0.4, 0.5) is 17.1 Å². The highest BCUT2D eigenvalue weighted by Gasteiger charge is 2.18. The number of non-ortho nitro benzene ring substituents is 1. The second-order valence-electron chi connectivity index (χ2n) is 4.36. The van der Waals surface area contributed by atoms with Gasteiger partial charge in [-0.05, 0) is 35.9 Å². The van der Waals surface area contributed by atoms with Crippen molar-refractivity contribution < 1.29 is 14.6 Å². The fraction of sp³-hybridized carbons (Fsp3) is 0.0714. The summed E-state index contributed by atoms with van der Waals surface area (Å²) < 4.78 is 5.03. The molecule has 0 saturated carbocycles. The van der Waals surface area contributed by atoms with Crippen LogP contribution < -0.4 is 10.2 Å². The smallest absolute Gasteiger partial charge is 0.301 e. The molecule has 0 radical (unpaired) electrons. The largest absolute Gasteiger partial charge is 0.497 e. The fourth-order valence-corrected chi connectivity index (χ4v) is 1.75. The van der Waals surface area contributed by atoms with Crippen molar-refractivity contribution in [2.75, 3.05) is 12.5 Å². The fourth-order valence-electron chi connectivity index (χ4n) is 1.75. The summed E-state index contributed by atoms with van der Waals surface area (Å²) in [6.07, 6.45) is 1.46. The van der Waals surface area contributed by atoms with E-state index in [1.807, 2.05) is 0 Å². The van der Waals surface area contributed by atoms with Crippen LogP contribution in [0.1, 0.15) is 5.56 Å². The molecule has 0 aromatic heterocycles. The molecule has 0 atom stereocenters. The molecule has 23 heavy (non-hydrogen) atoms. The average Bonchev–Trinajstić information content (AvgIpc) is 2.55. The monoisotopic (exact) mass is 316 g/mol. The van der Waals surface area contributed by atoms with Gasteiger partial charge < -0.3 is 4.74 Å². The zero-order valence-electron chi connectivity index (χ0n) is 12.0. The number of ether oxygens (including phenoxy) is 1. The third-order valence-corrected chi connectivity index (χ3v) is 2.90. The second-order valence-corrected chi connectivity index (χ2v) is 4.36. The summed E-state index contributed by atoms with van der Waals surface area (Å²) in [5.74, 6) is 0.695. The Morgan fingerprint density at radius 1 is 1.09 bits per heavy atom. The Labute approximate surface area is 130 Å². The van der Waals surface area contributed by atoms with E-state index in [1.165, 1.54) is 12.3 Å². The Balaban J connectivity index is 2.17. The lowest BCUT2D eigenvalue weighted by atomic mass is 10.2. The van der Waals surface area contributed by atoms with Crippen LogP contribution in [0.3, 0.4) is 0 Å². The quantitative estimate of drug-likeness (QED) is 0.497. The first kappa shape index (κ1) is 15.9. The number of methoxy groups -OCH3 is 1. The number of nitro groups is 2. The molecule has 9 nitrogen and oxygen atoms in total. The standard InChI is InChI=1S/C14H12N4O5/c1-23-12-5-2-10(3-6-12)9-15-16-13-7-4-11(17(19)20)8-14(13)18(21)22/h2-9,16H,1H3. The van der Waals surface area contributed by atoms with Gasteiger partial charge >= 0.3 is 5.69 Å². The van der Waals surface area contributed by atoms with E-state index in [0.717, 1.165) is 17.7 Å². The Kier molecular flexibility index (Phi) is 4.82. The number of anilines is 1. The van der Waals surface area contributed by atoms with Crippen LogP contribution >= 0.6 is 0 Å². The highest BCUT2D eigenvalue weighted by Crippen LogP contribution is 2.28. The van der Waals surface area contributed by atoms with Crippen LogP contribution in [0.15, 0.2) is 47.6 Å². The molecule has 0 aliphatic heterocycles. The maximum absolute atomic E-state index is 11.0. The predicted molar refractivity (Wildman–Crippen MR) is 84.0 cm³/mol. The Morgan fingerprint density at radius 3 is 2.35 bits per heavy atom. The topological polar surface area (TPSA) is 120 Å². The molecular weight excluding hydrogens is 304 g/mol. The third kappa shape index (κ3) is 4.00. The van der Waals surface area contributed by atoms with Gasteiger partial charge in [-0.25, -0.2) is 0 Å². The number of benzene rings is 2. The SMILES string of the molecule is COc1ccc(C=NNc2ccc([N+](=O)[O-])cc2[N+](=O)[O-])cc1. The average molecular weight is 316 g/mol. The molecule has 0 fully saturated rings. The van der Waals surface area contributed by atoms with Gasteiger partial charge in [0.2, 0.25) is 0 Å². The first-order valence-electron chi connectivity index (χ1n) is 6.37. The van der Waals surface area contributed by atoms with E-state index in [0.29, 0.717) is 5.75 Å². The summed E-state index contributed by atoms with van der Waals surface area (Å²) in [5, 5.41) is 25.5. The first-order chi connectivity index (χ1) is 11.0. The molecule has 9 heteroatoms. The minimum atomic E-state index is -0.710. The van der Waals surface area contributed by atoms with Crippen molar-refractivity contribution in [3.8, 4) is 5.75 Å². The molecule has 0 bridgehead atoms. The summed E-state index contributed by atoms with van der Waals surface area (Å²) in [6.45, 7) is 0. The van der Waals surface area contributed by atoms with E-state index in [-0.39, 0.29) is 11.4 Å². The van der Waals surface area contributed by atoms with Gasteiger partial charge in [-0.1, -0.05) is 0 Å². The number of nitrogens with one attached hydrogen (secondary N) is 1. The molecular formula is C14H12N4O5. The summed E-state index contributed by atoms with van der Waals surface area (Å²) in [5.41, 5.74) is 2.54. The third-order valence-electron chi connectivity index (χ3n) is 2.90. The van der Waals surface area contributed by atoms with Crippen LogP contribution in [0.25, 0.3) is 0 Å². The van der Waals surface area contributed by atoms with Crippen molar-refractivity contribution >= 4 is 23.3 Å². The zero-order valence-corrected chi connectivity index (χ0v) is 12.0. The van der Waals surface area contributed by atoms with Crippen molar-refractivity contribution in [3.05, 3.63) is 68.3 Å². The molecule has 2 aromatic carbocycles. The molecule has 0 saturated heterocycles. The van der Waals surface area contributed by atoms with Crippen LogP contribution in [-0.4, -0.2) is 23.2 Å². The minimum absolute atomic E-state index is 0.0605. The summed E-state index contributed by atoms with van der Waals surface area (Å²) in [7, 11) is 1.55. The van der Waals surface area contributed by atoms with Gasteiger partial charge in [-0.3, -0.25) is 25.7 Å². The highest BCUT2D eigenvalue weighted by molar-refractivity contribution is 5.80. The lowest BCUT2D eigenvalue weighted by Gasteiger charge is -2.02. The maximum atomic E-state index is 11.0. The molecule has 0 aliphatic carbocycles. The van der Waals surface area contributed by atoms with Crippen LogP contribution in [-0.2, 0) is 0 Å². The van der Waals surface area contributed by atoms with Crippen LogP contribution in [0.5, 0.6) is 5.75 Å². The van der Waals surface area contributed by atoms with Crippen molar-refractivity contribution in [2.45, 2.75) is 0 Å². The summed E-state index contributed by atoms with van der Waals surface area (Å²) >= 11 is 0. The van der Waals surface area contributed by atoms with Gasteiger partial charge in [0, 0.05) is 6.07 Å². The molecule has 118 valence electrons. The zero-order chi connectivity index (χ0) is 16.8. The van der Waals surface area contributed by atoms with Crippen LogP contribution in [0.2, 0.25) is 0 Å². The van der Waals surface area contributed by atoms with Gasteiger partial charge in [0.05, 0.1) is 29.2 Å². The second kappa shape index (κ2) is 6.98. The Bertz CT molecular complexity index is 758. The summed E-state index contributed by atoms with van der Waals surface area (Å²) in [4.78, 5) is 20.2. The number of hydrazone groups is 1. The van der Waals surface area contributed by atoms with Gasteiger partial charge in [-0.2, -0.15) is 5.10 Å². The molecule has 0 spiro atoms. The summed E-state index contributed by atoms with van der Waals surface area (Å²) in [6, 6.07) is 10.3. The van der Waals surface area contributed by atoms with Crippen molar-refractivity contribution in [1.29, 1.82) is 0 Å².